The van der Waals surface area contributed by atoms with Crippen molar-refractivity contribution in [2.75, 3.05) is 0 Å². The van der Waals surface area contributed by atoms with E-state index in [1.54, 1.807) is 0 Å². The van der Waals surface area contributed by atoms with Crippen LogP contribution in [0.3, 0.4) is 0 Å². The van der Waals surface area contributed by atoms with Crippen LogP contribution in [-0.4, -0.2) is 0 Å². The highest BCUT2D eigenvalue weighted by Gasteiger charge is 2.16. The molecule has 0 unspecified atom stereocenters. The topological polar surface area (TPSA) is 0 Å². The van der Waals surface area contributed by atoms with E-state index in [0.29, 0.717) is 0 Å². The standard InChI is InChI=1S/C37H32.C2H6/c1-5-14-27(8-4)30-15-13-16-31(25-30)37-34-19-11-9-17-32(34)36(33-18-10-12-20-35(33)37)29-23-21-28(22-24-29)26(6-2)7-3;1-2/h5-25H,2H2,1,3-4H3;1-2H3/b14-5-,26-7+,27-8+;. The molecule has 0 radical (unpaired) electrons. The van der Waals surface area contributed by atoms with Crippen LogP contribution in [0.4, 0.5) is 0 Å². The molecule has 0 aliphatic rings. The average molecular weight is 507 g/mol. The molecule has 0 fully saturated rings. The normalized spacial score (nSPS) is 12.0. The molecule has 5 aromatic rings. The van der Waals surface area contributed by atoms with E-state index in [2.05, 4.69) is 149 Å². The van der Waals surface area contributed by atoms with Gasteiger partial charge in [-0.15, -0.1) is 0 Å². The quantitative estimate of drug-likeness (QED) is 0.159. The summed E-state index contributed by atoms with van der Waals surface area (Å²) >= 11 is 0. The lowest BCUT2D eigenvalue weighted by molar-refractivity contribution is 1.50. The second-order valence-corrected chi connectivity index (χ2v) is 9.19. The highest BCUT2D eigenvalue weighted by molar-refractivity contribution is 6.21. The van der Waals surface area contributed by atoms with Gasteiger partial charge in [0.1, 0.15) is 0 Å². The minimum Gasteiger partial charge on any atom is -0.0985 e. The van der Waals surface area contributed by atoms with Crippen molar-refractivity contribution in [3.63, 3.8) is 0 Å². The zero-order valence-corrected chi connectivity index (χ0v) is 23.8. The summed E-state index contributed by atoms with van der Waals surface area (Å²) in [7, 11) is 0. The zero-order chi connectivity index (χ0) is 27.8. The molecule has 0 aliphatic heterocycles. The summed E-state index contributed by atoms with van der Waals surface area (Å²) in [6, 6.07) is 35.5. The van der Waals surface area contributed by atoms with Crippen LogP contribution in [0, 0.1) is 0 Å². The molecule has 0 saturated carbocycles. The Morgan fingerprint density at radius 2 is 1.05 bits per heavy atom. The summed E-state index contributed by atoms with van der Waals surface area (Å²) in [4.78, 5) is 0. The molecule has 5 aromatic carbocycles. The number of hydrogen-bond donors (Lipinski definition) is 0. The molecule has 0 N–H and O–H groups in total. The summed E-state index contributed by atoms with van der Waals surface area (Å²) in [5, 5.41) is 5.07. The zero-order valence-electron chi connectivity index (χ0n) is 23.8. The highest BCUT2D eigenvalue weighted by Crippen LogP contribution is 2.44. The third kappa shape index (κ3) is 5.42. The van der Waals surface area contributed by atoms with Crippen LogP contribution >= 0.6 is 0 Å². The smallest absolute Gasteiger partial charge is 0.00262 e. The predicted octanol–water partition coefficient (Wildman–Crippen LogP) is 11.9. The summed E-state index contributed by atoms with van der Waals surface area (Å²) < 4.78 is 0. The number of rotatable bonds is 6. The van der Waals surface area contributed by atoms with Gasteiger partial charge in [0.25, 0.3) is 0 Å². The Morgan fingerprint density at radius 3 is 1.51 bits per heavy atom. The molecule has 0 amide bonds. The lowest BCUT2D eigenvalue weighted by Crippen LogP contribution is -1.92. The Hall–Kier alpha value is -4.42. The van der Waals surface area contributed by atoms with E-state index in [0.717, 1.165) is 5.57 Å². The summed E-state index contributed by atoms with van der Waals surface area (Å²) in [5.74, 6) is 0. The van der Waals surface area contributed by atoms with Gasteiger partial charge in [0, 0.05) is 0 Å². The first-order valence-electron chi connectivity index (χ1n) is 13.9. The minimum atomic E-state index is 1.15. The van der Waals surface area contributed by atoms with Gasteiger partial charge < -0.3 is 0 Å². The lowest BCUT2D eigenvalue weighted by atomic mass is 9.85. The molecule has 0 bridgehead atoms. The maximum absolute atomic E-state index is 3.97. The van der Waals surface area contributed by atoms with Crippen molar-refractivity contribution < 1.29 is 0 Å². The van der Waals surface area contributed by atoms with Crippen molar-refractivity contribution in [1.29, 1.82) is 0 Å². The first-order chi connectivity index (χ1) is 19.2. The Morgan fingerprint density at radius 1 is 0.538 bits per heavy atom. The number of hydrogen-bond acceptors (Lipinski definition) is 0. The fraction of sp³-hybridized carbons (Fsp3) is 0.128. The van der Waals surface area contributed by atoms with Crippen LogP contribution in [0.2, 0.25) is 0 Å². The van der Waals surface area contributed by atoms with Crippen molar-refractivity contribution in [3.05, 3.63) is 145 Å². The fourth-order valence-corrected chi connectivity index (χ4v) is 5.38. The van der Waals surface area contributed by atoms with Gasteiger partial charge in [0.15, 0.2) is 0 Å². The van der Waals surface area contributed by atoms with Crippen molar-refractivity contribution in [2.24, 2.45) is 0 Å². The largest absolute Gasteiger partial charge is 0.0985 e. The van der Waals surface area contributed by atoms with Crippen LogP contribution < -0.4 is 0 Å². The number of allylic oxidation sites excluding steroid dienone is 7. The van der Waals surface area contributed by atoms with Crippen molar-refractivity contribution in [3.8, 4) is 22.3 Å². The van der Waals surface area contributed by atoms with Crippen LogP contribution in [0.5, 0.6) is 0 Å². The van der Waals surface area contributed by atoms with E-state index in [4.69, 9.17) is 0 Å². The van der Waals surface area contributed by atoms with Crippen LogP contribution in [0.25, 0.3) is 54.9 Å². The minimum absolute atomic E-state index is 1.15. The van der Waals surface area contributed by atoms with E-state index in [1.165, 1.54) is 60.5 Å². The van der Waals surface area contributed by atoms with Gasteiger partial charge in [-0.25, -0.2) is 0 Å². The lowest BCUT2D eigenvalue weighted by Gasteiger charge is -2.18. The van der Waals surface area contributed by atoms with Gasteiger partial charge in [0.2, 0.25) is 0 Å². The molecule has 0 aromatic heterocycles. The Balaban J connectivity index is 0.00000172. The molecular formula is C39H38. The van der Waals surface area contributed by atoms with Gasteiger partial charge in [-0.1, -0.05) is 142 Å². The molecule has 0 heterocycles. The molecule has 0 spiro atoms. The molecule has 5 rings (SSSR count). The van der Waals surface area contributed by atoms with Gasteiger partial charge in [-0.2, -0.15) is 0 Å². The monoisotopic (exact) mass is 506 g/mol. The number of benzene rings is 5. The molecule has 0 aliphatic carbocycles. The SMILES string of the molecule is C=C/C(=C\C)c1ccc(-c2c3ccccc3c(-c3cccc(C(/C=C\C)=C/C)c3)c3ccccc23)cc1.CC. The van der Waals surface area contributed by atoms with E-state index in [9.17, 15) is 0 Å². The average Bonchev–Trinajstić information content (AvgIpc) is 3.00. The maximum atomic E-state index is 3.97. The van der Waals surface area contributed by atoms with Crippen LogP contribution in [-0.2, 0) is 0 Å². The summed E-state index contributed by atoms with van der Waals surface area (Å²) in [5.41, 5.74) is 9.81. The second-order valence-electron chi connectivity index (χ2n) is 9.19. The van der Waals surface area contributed by atoms with Crippen molar-refractivity contribution in [1.82, 2.24) is 0 Å². The first kappa shape index (κ1) is 27.6. The number of fused-ring (bicyclic) bond motifs is 2. The molecule has 0 nitrogen and oxygen atoms in total. The maximum Gasteiger partial charge on any atom is -0.00262 e. The molecule has 0 saturated heterocycles. The Bertz CT molecular complexity index is 1630. The van der Waals surface area contributed by atoms with E-state index >= 15 is 0 Å². The van der Waals surface area contributed by atoms with Gasteiger partial charge >= 0.3 is 0 Å². The van der Waals surface area contributed by atoms with Crippen LogP contribution in [0.1, 0.15) is 45.7 Å². The Labute approximate surface area is 234 Å². The first-order valence-corrected chi connectivity index (χ1v) is 13.9. The molecular weight excluding hydrogens is 468 g/mol. The van der Waals surface area contributed by atoms with Gasteiger partial charge in [-0.3, -0.25) is 0 Å². The van der Waals surface area contributed by atoms with E-state index in [-0.39, 0.29) is 0 Å². The third-order valence-corrected chi connectivity index (χ3v) is 7.11. The van der Waals surface area contributed by atoms with Crippen LogP contribution in [0.15, 0.2) is 134 Å². The highest BCUT2D eigenvalue weighted by atomic mass is 14.2. The van der Waals surface area contributed by atoms with Crippen molar-refractivity contribution >= 4 is 32.7 Å². The summed E-state index contributed by atoms with van der Waals surface area (Å²) in [6.07, 6.45) is 10.5. The van der Waals surface area contributed by atoms with E-state index < -0.39 is 0 Å². The molecule has 0 heteroatoms. The Kier molecular flexibility index (Phi) is 9.13. The third-order valence-electron chi connectivity index (χ3n) is 7.11. The van der Waals surface area contributed by atoms with Gasteiger partial charge in [-0.05, 0) is 92.9 Å². The summed E-state index contributed by atoms with van der Waals surface area (Å²) in [6.45, 7) is 14.2. The van der Waals surface area contributed by atoms with Crippen molar-refractivity contribution in [2.45, 2.75) is 34.6 Å². The molecule has 0 atom stereocenters. The fourth-order valence-electron chi connectivity index (χ4n) is 5.38. The predicted molar refractivity (Wildman–Crippen MR) is 176 cm³/mol. The van der Waals surface area contributed by atoms with E-state index in [1.807, 2.05) is 19.9 Å². The van der Waals surface area contributed by atoms with Gasteiger partial charge in [0.05, 0.1) is 0 Å². The molecule has 39 heavy (non-hydrogen) atoms. The molecule has 194 valence electrons. The second kappa shape index (κ2) is 12.9.